The van der Waals surface area contributed by atoms with Crippen LogP contribution in [0.1, 0.15) is 12.0 Å². The standard InChI is InChI=1S/C13H19NO3/c1-14-7-6-13(15,9-14)11-5-4-10(16-2)8-12(11)17-3/h4-5,8,15H,6-7,9H2,1-3H3. The van der Waals surface area contributed by atoms with Crippen molar-refractivity contribution in [2.45, 2.75) is 12.0 Å². The van der Waals surface area contributed by atoms with E-state index in [1.165, 1.54) is 0 Å². The zero-order valence-corrected chi connectivity index (χ0v) is 10.6. The average Bonchev–Trinajstić information content (AvgIpc) is 2.69. The molecule has 0 amide bonds. The molecule has 1 unspecified atom stereocenters. The number of hydrogen-bond donors (Lipinski definition) is 1. The van der Waals surface area contributed by atoms with E-state index < -0.39 is 5.60 Å². The Hall–Kier alpha value is -1.26. The highest BCUT2D eigenvalue weighted by Crippen LogP contribution is 2.38. The maximum absolute atomic E-state index is 10.6. The molecule has 0 saturated carbocycles. The summed E-state index contributed by atoms with van der Waals surface area (Å²) in [6, 6.07) is 5.55. The first kappa shape index (κ1) is 12.2. The van der Waals surface area contributed by atoms with Crippen molar-refractivity contribution in [3.8, 4) is 11.5 Å². The summed E-state index contributed by atoms with van der Waals surface area (Å²) in [5.74, 6) is 1.42. The Kier molecular flexibility index (Phi) is 3.26. The van der Waals surface area contributed by atoms with Crippen LogP contribution in [-0.4, -0.2) is 44.4 Å². The number of likely N-dealkylation sites (N-methyl/N-ethyl adjacent to an activating group) is 1. The Bertz CT molecular complexity index is 408. The summed E-state index contributed by atoms with van der Waals surface area (Å²) in [4.78, 5) is 2.11. The third-order valence-corrected chi connectivity index (χ3v) is 3.35. The summed E-state index contributed by atoms with van der Waals surface area (Å²) >= 11 is 0. The lowest BCUT2D eigenvalue weighted by molar-refractivity contribution is 0.0463. The molecule has 1 saturated heterocycles. The van der Waals surface area contributed by atoms with Crippen LogP contribution >= 0.6 is 0 Å². The summed E-state index contributed by atoms with van der Waals surface area (Å²) < 4.78 is 10.5. The van der Waals surface area contributed by atoms with Crippen molar-refractivity contribution >= 4 is 0 Å². The largest absolute Gasteiger partial charge is 0.497 e. The number of aliphatic hydroxyl groups is 1. The first-order chi connectivity index (χ1) is 8.09. The second-order valence-corrected chi connectivity index (χ2v) is 4.59. The second kappa shape index (κ2) is 4.55. The van der Waals surface area contributed by atoms with Crippen molar-refractivity contribution in [2.75, 3.05) is 34.4 Å². The van der Waals surface area contributed by atoms with E-state index in [1.807, 2.05) is 25.2 Å². The minimum atomic E-state index is -0.813. The summed E-state index contributed by atoms with van der Waals surface area (Å²) in [6.07, 6.45) is 0.728. The Labute approximate surface area is 102 Å². The third-order valence-electron chi connectivity index (χ3n) is 3.35. The summed E-state index contributed by atoms with van der Waals surface area (Å²) in [5.41, 5.74) is 0.0250. The topological polar surface area (TPSA) is 41.9 Å². The van der Waals surface area contributed by atoms with E-state index in [9.17, 15) is 5.11 Å². The number of benzene rings is 1. The van der Waals surface area contributed by atoms with E-state index in [0.29, 0.717) is 12.3 Å². The molecule has 1 aliphatic rings. The van der Waals surface area contributed by atoms with Gasteiger partial charge in [-0.1, -0.05) is 0 Å². The van der Waals surface area contributed by atoms with Gasteiger partial charge in [-0.25, -0.2) is 0 Å². The smallest absolute Gasteiger partial charge is 0.128 e. The fraction of sp³-hybridized carbons (Fsp3) is 0.538. The zero-order valence-electron chi connectivity index (χ0n) is 10.6. The number of hydrogen-bond acceptors (Lipinski definition) is 4. The van der Waals surface area contributed by atoms with Crippen LogP contribution in [0.3, 0.4) is 0 Å². The second-order valence-electron chi connectivity index (χ2n) is 4.59. The van der Waals surface area contributed by atoms with Crippen molar-refractivity contribution < 1.29 is 14.6 Å². The van der Waals surface area contributed by atoms with Gasteiger partial charge < -0.3 is 19.5 Å². The van der Waals surface area contributed by atoms with E-state index in [2.05, 4.69) is 4.90 Å². The fourth-order valence-corrected chi connectivity index (χ4v) is 2.38. The van der Waals surface area contributed by atoms with Crippen LogP contribution in [0, 0.1) is 0 Å². The van der Waals surface area contributed by atoms with E-state index >= 15 is 0 Å². The maximum atomic E-state index is 10.6. The van der Waals surface area contributed by atoms with Crippen molar-refractivity contribution in [3.63, 3.8) is 0 Å². The van der Waals surface area contributed by atoms with Gasteiger partial charge in [0.2, 0.25) is 0 Å². The van der Waals surface area contributed by atoms with Crippen LogP contribution < -0.4 is 9.47 Å². The van der Waals surface area contributed by atoms with Gasteiger partial charge >= 0.3 is 0 Å². The van der Waals surface area contributed by atoms with Gasteiger partial charge in [0.05, 0.1) is 14.2 Å². The van der Waals surface area contributed by atoms with E-state index in [-0.39, 0.29) is 0 Å². The lowest BCUT2D eigenvalue weighted by Gasteiger charge is -2.25. The number of likely N-dealkylation sites (tertiary alicyclic amines) is 1. The molecule has 0 aliphatic carbocycles. The number of β-amino-alcohol motifs (C(OH)–C–C–N with tert-alkyl or cyclic N) is 1. The number of rotatable bonds is 3. The van der Waals surface area contributed by atoms with Crippen molar-refractivity contribution in [1.82, 2.24) is 4.90 Å². The maximum Gasteiger partial charge on any atom is 0.128 e. The summed E-state index contributed by atoms with van der Waals surface area (Å²) in [6.45, 7) is 1.53. The molecule has 0 radical (unpaired) electrons. The Balaban J connectivity index is 2.38. The molecule has 1 heterocycles. The molecular formula is C13H19NO3. The highest BCUT2D eigenvalue weighted by atomic mass is 16.5. The molecule has 0 aromatic heterocycles. The molecule has 1 aliphatic heterocycles. The molecular weight excluding hydrogens is 218 g/mol. The van der Waals surface area contributed by atoms with Crippen molar-refractivity contribution in [1.29, 1.82) is 0 Å². The fourth-order valence-electron chi connectivity index (χ4n) is 2.38. The molecule has 4 heteroatoms. The number of methoxy groups -OCH3 is 2. The predicted molar refractivity (Wildman–Crippen MR) is 65.6 cm³/mol. The molecule has 0 spiro atoms. The minimum Gasteiger partial charge on any atom is -0.497 e. The quantitative estimate of drug-likeness (QED) is 0.858. The van der Waals surface area contributed by atoms with Gasteiger partial charge in [0.1, 0.15) is 17.1 Å². The lowest BCUT2D eigenvalue weighted by atomic mass is 9.92. The predicted octanol–water partition coefficient (Wildman–Crippen LogP) is 1.23. The van der Waals surface area contributed by atoms with Crippen molar-refractivity contribution in [2.24, 2.45) is 0 Å². The summed E-state index contributed by atoms with van der Waals surface area (Å²) in [7, 11) is 5.24. The third kappa shape index (κ3) is 2.23. The minimum absolute atomic E-state index is 0.635. The molecule has 1 N–H and O–H groups in total. The lowest BCUT2D eigenvalue weighted by Crippen LogP contribution is -2.29. The molecule has 0 bridgehead atoms. The van der Waals surface area contributed by atoms with Crippen LogP contribution in [0.25, 0.3) is 0 Å². The molecule has 17 heavy (non-hydrogen) atoms. The van der Waals surface area contributed by atoms with Crippen LogP contribution in [0.5, 0.6) is 11.5 Å². The SMILES string of the molecule is COc1ccc(C2(O)CCN(C)C2)c(OC)c1. The monoisotopic (exact) mass is 237 g/mol. The van der Waals surface area contributed by atoms with Crippen LogP contribution in [-0.2, 0) is 5.60 Å². The highest BCUT2D eigenvalue weighted by Gasteiger charge is 2.38. The molecule has 2 rings (SSSR count). The van der Waals surface area contributed by atoms with Gasteiger partial charge in [0.25, 0.3) is 0 Å². The first-order valence-electron chi connectivity index (χ1n) is 5.72. The van der Waals surface area contributed by atoms with E-state index in [0.717, 1.165) is 24.3 Å². The number of nitrogens with zero attached hydrogens (tertiary/aromatic N) is 1. The molecule has 1 aromatic carbocycles. The Morgan fingerprint density at radius 1 is 1.29 bits per heavy atom. The van der Waals surface area contributed by atoms with E-state index in [4.69, 9.17) is 9.47 Å². The zero-order chi connectivity index (χ0) is 12.5. The van der Waals surface area contributed by atoms with Gasteiger partial charge in [-0.3, -0.25) is 0 Å². The molecule has 94 valence electrons. The van der Waals surface area contributed by atoms with Crippen LogP contribution in [0.2, 0.25) is 0 Å². The van der Waals surface area contributed by atoms with Gasteiger partial charge in [-0.15, -0.1) is 0 Å². The van der Waals surface area contributed by atoms with Crippen LogP contribution in [0.4, 0.5) is 0 Å². The highest BCUT2D eigenvalue weighted by molar-refractivity contribution is 5.44. The van der Waals surface area contributed by atoms with Gasteiger partial charge in [0.15, 0.2) is 0 Å². The van der Waals surface area contributed by atoms with E-state index in [1.54, 1.807) is 14.2 Å². The first-order valence-corrected chi connectivity index (χ1v) is 5.72. The number of ether oxygens (including phenoxy) is 2. The Morgan fingerprint density at radius 3 is 2.59 bits per heavy atom. The average molecular weight is 237 g/mol. The summed E-state index contributed by atoms with van der Waals surface area (Å²) in [5, 5.41) is 10.6. The molecule has 1 atom stereocenters. The van der Waals surface area contributed by atoms with Crippen molar-refractivity contribution in [3.05, 3.63) is 23.8 Å². The van der Waals surface area contributed by atoms with Crippen LogP contribution in [0.15, 0.2) is 18.2 Å². The van der Waals surface area contributed by atoms with Gasteiger partial charge in [-0.2, -0.15) is 0 Å². The molecule has 1 aromatic rings. The van der Waals surface area contributed by atoms with Gasteiger partial charge in [-0.05, 0) is 25.6 Å². The molecule has 4 nitrogen and oxygen atoms in total. The normalized spacial score (nSPS) is 24.9. The molecule has 1 fully saturated rings. The van der Waals surface area contributed by atoms with Gasteiger partial charge in [0, 0.05) is 24.7 Å². The Morgan fingerprint density at radius 2 is 2.06 bits per heavy atom.